The maximum absolute atomic E-state index is 11.5. The molecule has 0 aliphatic heterocycles. The van der Waals surface area contributed by atoms with E-state index >= 15 is 0 Å². The minimum atomic E-state index is -3.48. The summed E-state index contributed by atoms with van der Waals surface area (Å²) in [5, 5.41) is 3.19. The molecule has 0 saturated heterocycles. The Kier molecular flexibility index (Phi) is 6.50. The fraction of sp³-hybridized carbons (Fsp3) is 0.667. The zero-order chi connectivity index (χ0) is 14.3. The van der Waals surface area contributed by atoms with Crippen LogP contribution in [0, 0.1) is 0 Å². The van der Waals surface area contributed by atoms with Crippen LogP contribution in [-0.2, 0) is 16.6 Å². The molecule has 6 nitrogen and oxygen atoms in total. The van der Waals surface area contributed by atoms with Gasteiger partial charge < -0.3 is 14.6 Å². The summed E-state index contributed by atoms with van der Waals surface area (Å²) in [5.41, 5.74) is 0. The van der Waals surface area contributed by atoms with Gasteiger partial charge in [-0.1, -0.05) is 0 Å². The Labute approximate surface area is 115 Å². The van der Waals surface area contributed by atoms with Gasteiger partial charge in [0, 0.05) is 0 Å². The first kappa shape index (κ1) is 16.2. The monoisotopic (exact) mass is 289 g/mol. The maximum Gasteiger partial charge on any atom is 0.273 e. The van der Waals surface area contributed by atoms with E-state index < -0.39 is 10.0 Å². The van der Waals surface area contributed by atoms with Crippen molar-refractivity contribution < 1.29 is 12.8 Å². The third-order valence-electron chi connectivity index (χ3n) is 2.68. The number of unbranched alkanes of at least 4 members (excludes halogenated alkanes) is 1. The summed E-state index contributed by atoms with van der Waals surface area (Å²) < 4.78 is 30.4. The Morgan fingerprint density at radius 1 is 1.26 bits per heavy atom. The molecular weight excluding hydrogens is 266 g/mol. The van der Waals surface area contributed by atoms with E-state index in [0.717, 1.165) is 25.9 Å². The number of hydrogen-bond acceptors (Lipinski definition) is 5. The number of sulfonamides is 1. The highest BCUT2D eigenvalue weighted by atomic mass is 32.2. The van der Waals surface area contributed by atoms with Crippen molar-refractivity contribution in [2.75, 3.05) is 34.2 Å². The minimum Gasteiger partial charge on any atom is -0.447 e. The van der Waals surface area contributed by atoms with Gasteiger partial charge in [-0.15, -0.1) is 0 Å². The van der Waals surface area contributed by atoms with Gasteiger partial charge in [0.25, 0.3) is 10.0 Å². The second kappa shape index (κ2) is 7.64. The summed E-state index contributed by atoms with van der Waals surface area (Å²) in [6, 6.07) is 3.14. The van der Waals surface area contributed by atoms with Gasteiger partial charge in [-0.2, -0.15) is 0 Å². The van der Waals surface area contributed by atoms with Crippen molar-refractivity contribution in [1.82, 2.24) is 14.9 Å². The largest absolute Gasteiger partial charge is 0.447 e. The fourth-order valence-electron chi connectivity index (χ4n) is 1.59. The molecule has 0 unspecified atom stereocenters. The topological polar surface area (TPSA) is 74.6 Å². The first-order valence-corrected chi connectivity index (χ1v) is 7.81. The molecule has 0 saturated carbocycles. The normalized spacial score (nSPS) is 12.2. The predicted octanol–water partition coefficient (Wildman–Crippen LogP) is 0.619. The highest BCUT2D eigenvalue weighted by Crippen LogP contribution is 2.13. The average Bonchev–Trinajstić information content (AvgIpc) is 2.82. The lowest BCUT2D eigenvalue weighted by Crippen LogP contribution is -2.18. The molecule has 0 spiro atoms. The lowest BCUT2D eigenvalue weighted by atomic mass is 10.3. The van der Waals surface area contributed by atoms with Gasteiger partial charge in [0.2, 0.25) is 5.09 Å². The van der Waals surface area contributed by atoms with Crippen LogP contribution >= 0.6 is 0 Å². The van der Waals surface area contributed by atoms with Crippen LogP contribution in [0.3, 0.4) is 0 Å². The molecule has 1 aromatic rings. The van der Waals surface area contributed by atoms with Crippen molar-refractivity contribution in [2.24, 2.45) is 0 Å². The molecule has 0 bridgehead atoms. The van der Waals surface area contributed by atoms with Crippen LogP contribution in [0.15, 0.2) is 21.6 Å². The van der Waals surface area contributed by atoms with Crippen molar-refractivity contribution in [3.05, 3.63) is 17.9 Å². The zero-order valence-electron chi connectivity index (χ0n) is 11.8. The number of furan rings is 1. The van der Waals surface area contributed by atoms with E-state index in [1.54, 1.807) is 6.07 Å². The molecular formula is C12H23N3O3S. The van der Waals surface area contributed by atoms with E-state index in [9.17, 15) is 8.42 Å². The molecule has 19 heavy (non-hydrogen) atoms. The van der Waals surface area contributed by atoms with Crippen molar-refractivity contribution >= 4 is 10.0 Å². The Balaban J connectivity index is 2.28. The quantitative estimate of drug-likeness (QED) is 0.652. The molecule has 0 aromatic carbocycles. The first-order valence-electron chi connectivity index (χ1n) is 6.33. The lowest BCUT2D eigenvalue weighted by molar-refractivity contribution is 0.383. The third-order valence-corrected chi connectivity index (χ3v) is 3.97. The lowest BCUT2D eigenvalue weighted by Gasteiger charge is -2.08. The van der Waals surface area contributed by atoms with Crippen LogP contribution in [-0.4, -0.2) is 47.6 Å². The van der Waals surface area contributed by atoms with E-state index in [4.69, 9.17) is 4.42 Å². The fourth-order valence-corrected chi connectivity index (χ4v) is 2.25. The highest BCUT2D eigenvalue weighted by molar-refractivity contribution is 7.89. The summed E-state index contributed by atoms with van der Waals surface area (Å²) in [4.78, 5) is 2.15. The van der Waals surface area contributed by atoms with Crippen molar-refractivity contribution in [2.45, 2.75) is 24.5 Å². The summed E-state index contributed by atoms with van der Waals surface area (Å²) in [5.74, 6) is 0.626. The summed E-state index contributed by atoms with van der Waals surface area (Å²) in [6.45, 7) is 2.51. The van der Waals surface area contributed by atoms with Gasteiger partial charge in [0.15, 0.2) is 0 Å². The van der Waals surface area contributed by atoms with Gasteiger partial charge in [-0.05, 0) is 59.2 Å². The second-order valence-corrected chi connectivity index (χ2v) is 6.43. The van der Waals surface area contributed by atoms with E-state index in [2.05, 4.69) is 29.0 Å². The smallest absolute Gasteiger partial charge is 0.273 e. The van der Waals surface area contributed by atoms with E-state index in [0.29, 0.717) is 12.3 Å². The predicted molar refractivity (Wildman–Crippen MR) is 74.4 cm³/mol. The molecule has 1 aromatic heterocycles. The number of hydrogen-bond donors (Lipinski definition) is 2. The standard InChI is InChI=1S/C12H23N3O3S/c1-13-19(16,17)12-7-6-11(18-12)10-14-8-4-5-9-15(2)3/h6-7,13-14H,4-5,8-10H2,1-3H3. The van der Waals surface area contributed by atoms with Crippen LogP contribution < -0.4 is 10.0 Å². The third kappa shape index (κ3) is 5.73. The van der Waals surface area contributed by atoms with Gasteiger partial charge in [-0.25, -0.2) is 13.1 Å². The molecule has 0 fully saturated rings. The molecule has 7 heteroatoms. The molecule has 0 aliphatic rings. The average molecular weight is 289 g/mol. The zero-order valence-corrected chi connectivity index (χ0v) is 12.6. The van der Waals surface area contributed by atoms with Crippen molar-refractivity contribution in [3.63, 3.8) is 0 Å². The number of rotatable bonds is 9. The van der Waals surface area contributed by atoms with Crippen LogP contribution in [0.25, 0.3) is 0 Å². The Hall–Kier alpha value is -0.890. The van der Waals surface area contributed by atoms with Crippen molar-refractivity contribution in [3.8, 4) is 0 Å². The SMILES string of the molecule is CNS(=O)(=O)c1ccc(CNCCCCN(C)C)o1. The number of nitrogens with zero attached hydrogens (tertiary/aromatic N) is 1. The Morgan fingerprint density at radius 3 is 2.63 bits per heavy atom. The molecule has 0 atom stereocenters. The molecule has 110 valence electrons. The molecule has 1 rings (SSSR count). The van der Waals surface area contributed by atoms with Gasteiger partial charge >= 0.3 is 0 Å². The highest BCUT2D eigenvalue weighted by Gasteiger charge is 2.15. The Bertz CT molecular complexity index is 468. The minimum absolute atomic E-state index is 0.0422. The van der Waals surface area contributed by atoms with Crippen LogP contribution in [0.4, 0.5) is 0 Å². The summed E-state index contributed by atoms with van der Waals surface area (Å²) in [6.07, 6.45) is 2.22. The number of nitrogens with one attached hydrogen (secondary N) is 2. The van der Waals surface area contributed by atoms with E-state index in [1.165, 1.54) is 13.1 Å². The second-order valence-electron chi connectivity index (χ2n) is 4.62. The molecule has 2 N–H and O–H groups in total. The van der Waals surface area contributed by atoms with Gasteiger partial charge in [-0.3, -0.25) is 0 Å². The van der Waals surface area contributed by atoms with Gasteiger partial charge in [0.1, 0.15) is 5.76 Å². The molecule has 1 heterocycles. The van der Waals surface area contributed by atoms with Crippen LogP contribution in [0.1, 0.15) is 18.6 Å². The molecule has 0 radical (unpaired) electrons. The van der Waals surface area contributed by atoms with Crippen LogP contribution in [0.2, 0.25) is 0 Å². The summed E-state index contributed by atoms with van der Waals surface area (Å²) in [7, 11) is 2.00. The van der Waals surface area contributed by atoms with Crippen molar-refractivity contribution in [1.29, 1.82) is 0 Å². The molecule has 0 amide bonds. The molecule has 0 aliphatic carbocycles. The first-order chi connectivity index (χ1) is 8.95. The van der Waals surface area contributed by atoms with E-state index in [-0.39, 0.29) is 5.09 Å². The summed E-state index contributed by atoms with van der Waals surface area (Å²) >= 11 is 0. The maximum atomic E-state index is 11.5. The van der Waals surface area contributed by atoms with Gasteiger partial charge in [0.05, 0.1) is 6.54 Å². The van der Waals surface area contributed by atoms with Crippen LogP contribution in [0.5, 0.6) is 0 Å². The Morgan fingerprint density at radius 2 is 2.00 bits per heavy atom. The van der Waals surface area contributed by atoms with E-state index in [1.807, 2.05) is 0 Å².